The predicted octanol–water partition coefficient (Wildman–Crippen LogP) is 2.83. The van der Waals surface area contributed by atoms with Gasteiger partial charge in [-0.05, 0) is 46.9 Å². The number of para-hydroxylation sites is 1. The molecule has 1 aromatic carbocycles. The van der Waals surface area contributed by atoms with E-state index in [0.29, 0.717) is 0 Å². The van der Waals surface area contributed by atoms with Crippen molar-refractivity contribution in [2.24, 2.45) is 5.84 Å². The van der Waals surface area contributed by atoms with Crippen LogP contribution in [0.3, 0.4) is 0 Å². The molecular weight excluding hydrogens is 268 g/mol. The fourth-order valence-electron chi connectivity index (χ4n) is 2.37. The van der Waals surface area contributed by atoms with Crippen molar-refractivity contribution < 1.29 is 0 Å². The SMILES string of the molecule is NNC(CCc1ccsc1)c1cccc2nccnc12. The number of fused-ring (bicyclic) bond motifs is 1. The smallest absolute Gasteiger partial charge is 0.0935 e. The number of rotatable bonds is 5. The molecule has 0 fully saturated rings. The lowest BCUT2D eigenvalue weighted by Gasteiger charge is -2.17. The van der Waals surface area contributed by atoms with Gasteiger partial charge in [-0.25, -0.2) is 0 Å². The maximum Gasteiger partial charge on any atom is 0.0935 e. The number of hydrogen-bond acceptors (Lipinski definition) is 5. The average molecular weight is 284 g/mol. The number of nitrogens with two attached hydrogens (primary N) is 1. The van der Waals surface area contributed by atoms with E-state index in [4.69, 9.17) is 5.84 Å². The summed E-state index contributed by atoms with van der Waals surface area (Å²) in [6.07, 6.45) is 5.36. The molecule has 0 spiro atoms. The molecule has 102 valence electrons. The van der Waals surface area contributed by atoms with Crippen LogP contribution in [-0.2, 0) is 6.42 Å². The zero-order valence-electron chi connectivity index (χ0n) is 11.0. The van der Waals surface area contributed by atoms with Gasteiger partial charge in [0.25, 0.3) is 0 Å². The van der Waals surface area contributed by atoms with Crippen molar-refractivity contribution in [1.29, 1.82) is 0 Å². The average Bonchev–Trinajstić information content (AvgIpc) is 3.01. The highest BCUT2D eigenvalue weighted by atomic mass is 32.1. The van der Waals surface area contributed by atoms with E-state index in [-0.39, 0.29) is 6.04 Å². The molecule has 3 N–H and O–H groups in total. The van der Waals surface area contributed by atoms with Gasteiger partial charge in [-0.15, -0.1) is 0 Å². The van der Waals surface area contributed by atoms with Gasteiger partial charge in [-0.2, -0.15) is 11.3 Å². The number of aryl methyl sites for hydroxylation is 1. The van der Waals surface area contributed by atoms with Crippen LogP contribution in [0.4, 0.5) is 0 Å². The van der Waals surface area contributed by atoms with Crippen LogP contribution >= 0.6 is 11.3 Å². The van der Waals surface area contributed by atoms with Crippen LogP contribution < -0.4 is 11.3 Å². The fraction of sp³-hybridized carbons (Fsp3) is 0.200. The van der Waals surface area contributed by atoms with Gasteiger partial charge >= 0.3 is 0 Å². The van der Waals surface area contributed by atoms with Crippen LogP contribution in [0.15, 0.2) is 47.4 Å². The Morgan fingerprint density at radius 2 is 2.10 bits per heavy atom. The van der Waals surface area contributed by atoms with Crippen LogP contribution in [0.2, 0.25) is 0 Å². The summed E-state index contributed by atoms with van der Waals surface area (Å²) in [4.78, 5) is 8.78. The molecule has 2 aromatic heterocycles. The van der Waals surface area contributed by atoms with Crippen molar-refractivity contribution in [3.63, 3.8) is 0 Å². The number of aromatic nitrogens is 2. The largest absolute Gasteiger partial charge is 0.271 e. The molecule has 20 heavy (non-hydrogen) atoms. The molecule has 4 nitrogen and oxygen atoms in total. The van der Waals surface area contributed by atoms with Crippen molar-refractivity contribution >= 4 is 22.4 Å². The highest BCUT2D eigenvalue weighted by Gasteiger charge is 2.14. The van der Waals surface area contributed by atoms with Crippen molar-refractivity contribution in [1.82, 2.24) is 15.4 Å². The first-order valence-electron chi connectivity index (χ1n) is 6.55. The number of hydrogen-bond donors (Lipinski definition) is 2. The van der Waals surface area contributed by atoms with E-state index >= 15 is 0 Å². The van der Waals surface area contributed by atoms with E-state index in [1.165, 1.54) is 5.56 Å². The monoisotopic (exact) mass is 284 g/mol. The maximum absolute atomic E-state index is 5.74. The Morgan fingerprint density at radius 1 is 1.20 bits per heavy atom. The number of nitrogens with zero attached hydrogens (tertiary/aromatic N) is 2. The third-order valence-electron chi connectivity index (χ3n) is 3.41. The lowest BCUT2D eigenvalue weighted by molar-refractivity contribution is 0.519. The van der Waals surface area contributed by atoms with E-state index in [2.05, 4.69) is 38.3 Å². The van der Waals surface area contributed by atoms with E-state index < -0.39 is 0 Å². The van der Waals surface area contributed by atoms with Crippen LogP contribution in [-0.4, -0.2) is 9.97 Å². The van der Waals surface area contributed by atoms with Crippen LogP contribution in [0, 0.1) is 0 Å². The number of hydrazine groups is 1. The molecule has 0 aliphatic carbocycles. The molecular formula is C15H16N4S. The summed E-state index contributed by atoms with van der Waals surface area (Å²) in [6, 6.07) is 8.27. The second-order valence-electron chi connectivity index (χ2n) is 4.66. The Bertz CT molecular complexity index is 676. The van der Waals surface area contributed by atoms with Gasteiger partial charge in [-0.1, -0.05) is 12.1 Å². The minimum absolute atomic E-state index is 0.0790. The van der Waals surface area contributed by atoms with E-state index in [9.17, 15) is 0 Å². The van der Waals surface area contributed by atoms with E-state index in [1.807, 2.05) is 12.1 Å². The lowest BCUT2D eigenvalue weighted by Crippen LogP contribution is -2.28. The molecule has 1 unspecified atom stereocenters. The fourth-order valence-corrected chi connectivity index (χ4v) is 3.07. The molecule has 5 heteroatoms. The summed E-state index contributed by atoms with van der Waals surface area (Å²) in [5.41, 5.74) is 7.19. The summed E-state index contributed by atoms with van der Waals surface area (Å²) < 4.78 is 0. The minimum atomic E-state index is 0.0790. The first-order chi connectivity index (χ1) is 9.88. The maximum atomic E-state index is 5.74. The van der Waals surface area contributed by atoms with Gasteiger partial charge in [0.1, 0.15) is 0 Å². The summed E-state index contributed by atoms with van der Waals surface area (Å²) in [5, 5.41) is 4.28. The minimum Gasteiger partial charge on any atom is -0.271 e. The molecule has 0 amide bonds. The van der Waals surface area contributed by atoms with Crippen molar-refractivity contribution in [2.45, 2.75) is 18.9 Å². The molecule has 1 atom stereocenters. The van der Waals surface area contributed by atoms with E-state index in [1.54, 1.807) is 23.7 Å². The van der Waals surface area contributed by atoms with Crippen LogP contribution in [0.25, 0.3) is 11.0 Å². The molecule has 3 aromatic rings. The van der Waals surface area contributed by atoms with Gasteiger partial charge in [0.05, 0.1) is 11.0 Å². The Morgan fingerprint density at radius 3 is 2.90 bits per heavy atom. The first kappa shape index (κ1) is 13.2. The standard InChI is InChI=1S/C15H16N4S/c16-19-13(5-4-11-6-9-20-10-11)12-2-1-3-14-15(12)18-8-7-17-14/h1-3,6-10,13,19H,4-5,16H2. The molecule has 0 bridgehead atoms. The summed E-state index contributed by atoms with van der Waals surface area (Å²) in [7, 11) is 0. The molecule has 0 radical (unpaired) electrons. The Balaban J connectivity index is 1.87. The normalized spacial score (nSPS) is 12.7. The molecule has 0 aliphatic rings. The molecule has 3 rings (SSSR count). The van der Waals surface area contributed by atoms with Crippen molar-refractivity contribution in [2.75, 3.05) is 0 Å². The van der Waals surface area contributed by atoms with E-state index in [0.717, 1.165) is 29.4 Å². The van der Waals surface area contributed by atoms with Crippen LogP contribution in [0.5, 0.6) is 0 Å². The molecule has 2 heterocycles. The highest BCUT2D eigenvalue weighted by Crippen LogP contribution is 2.24. The third kappa shape index (κ3) is 2.70. The Kier molecular flexibility index (Phi) is 4.01. The zero-order chi connectivity index (χ0) is 13.8. The van der Waals surface area contributed by atoms with Crippen LogP contribution in [0.1, 0.15) is 23.6 Å². The zero-order valence-corrected chi connectivity index (χ0v) is 11.8. The lowest BCUT2D eigenvalue weighted by atomic mass is 9.99. The summed E-state index contributed by atoms with van der Waals surface area (Å²) in [5.74, 6) is 5.74. The van der Waals surface area contributed by atoms with Gasteiger partial charge in [0.2, 0.25) is 0 Å². The first-order valence-corrected chi connectivity index (χ1v) is 7.49. The Labute approximate surface area is 121 Å². The summed E-state index contributed by atoms with van der Waals surface area (Å²) >= 11 is 1.72. The summed E-state index contributed by atoms with van der Waals surface area (Å²) in [6.45, 7) is 0. The van der Waals surface area contributed by atoms with Gasteiger partial charge in [0.15, 0.2) is 0 Å². The highest BCUT2D eigenvalue weighted by molar-refractivity contribution is 7.07. The third-order valence-corrected chi connectivity index (χ3v) is 4.14. The second kappa shape index (κ2) is 6.09. The Hall–Kier alpha value is -1.82. The van der Waals surface area contributed by atoms with Crippen molar-refractivity contribution in [3.05, 3.63) is 58.5 Å². The van der Waals surface area contributed by atoms with Gasteiger partial charge in [0, 0.05) is 18.4 Å². The van der Waals surface area contributed by atoms with Crippen molar-refractivity contribution in [3.8, 4) is 0 Å². The quantitative estimate of drug-likeness (QED) is 0.558. The van der Waals surface area contributed by atoms with Gasteiger partial charge < -0.3 is 0 Å². The number of benzene rings is 1. The second-order valence-corrected chi connectivity index (χ2v) is 5.44. The topological polar surface area (TPSA) is 63.8 Å². The van der Waals surface area contributed by atoms with Gasteiger partial charge in [-0.3, -0.25) is 21.2 Å². The number of nitrogens with one attached hydrogen (secondary N) is 1. The molecule has 0 saturated heterocycles. The predicted molar refractivity (Wildman–Crippen MR) is 82.2 cm³/mol. The molecule has 0 saturated carbocycles. The molecule has 0 aliphatic heterocycles. The number of thiophene rings is 1.